The minimum absolute atomic E-state index is 0. The van der Waals surface area contributed by atoms with E-state index in [1.807, 2.05) is 48.6 Å². The topological polar surface area (TPSA) is 0 Å². The van der Waals surface area contributed by atoms with Crippen molar-refractivity contribution in [3.63, 3.8) is 0 Å². The van der Waals surface area contributed by atoms with Crippen LogP contribution in [0.25, 0.3) is 0 Å². The van der Waals surface area contributed by atoms with Crippen molar-refractivity contribution in [3.05, 3.63) is 50.7 Å². The molecule has 0 spiro atoms. The van der Waals surface area contributed by atoms with E-state index in [1.165, 1.54) is 19.4 Å². The molecule has 0 heterocycles. The quantitative estimate of drug-likeness (QED) is 0.564. The van der Waals surface area contributed by atoms with Crippen LogP contribution in [0.1, 0.15) is 13.8 Å². The normalized spacial score (nSPS) is 5.15. The summed E-state index contributed by atoms with van der Waals surface area (Å²) in [5.41, 5.74) is 0. The van der Waals surface area contributed by atoms with Gasteiger partial charge >= 0.3 is 30.7 Å². The van der Waals surface area contributed by atoms with Crippen molar-refractivity contribution < 1.29 is 52.1 Å². The largest absolute Gasteiger partial charge is 0.358 e. The van der Waals surface area contributed by atoms with Crippen LogP contribution >= 0.6 is 0 Å². The van der Waals surface area contributed by atoms with E-state index >= 15 is 0 Å². The number of hydrogen-bond donors (Lipinski definition) is 0. The van der Waals surface area contributed by atoms with Crippen LogP contribution in [0.4, 0.5) is 0 Å². The van der Waals surface area contributed by atoms with Gasteiger partial charge in [-0.05, 0) is 0 Å². The van der Waals surface area contributed by atoms with Gasteiger partial charge in [0, 0.05) is 32.7 Å². The average molecular weight is 422 g/mol. The zero-order chi connectivity index (χ0) is 8.95. The second kappa shape index (κ2) is 29.3. The third-order valence-corrected chi connectivity index (χ3v) is 0.607. The third-order valence-electron chi connectivity index (χ3n) is 0.607. The maximum atomic E-state index is 3.40. The Kier molecular flexibility index (Phi) is 53.1. The molecule has 0 aromatic heterocycles. The molecule has 0 aliphatic carbocycles. The summed E-state index contributed by atoms with van der Waals surface area (Å²) in [6, 6.07) is 12.5. The van der Waals surface area contributed by atoms with Crippen LogP contribution in [-0.2, 0) is 52.1 Å². The molecule has 13 heavy (non-hydrogen) atoms. The summed E-state index contributed by atoms with van der Waals surface area (Å²) < 4.78 is 1.83. The van der Waals surface area contributed by atoms with Gasteiger partial charge in [-0.3, -0.25) is 0 Å². The first kappa shape index (κ1) is 23.6. The van der Waals surface area contributed by atoms with E-state index in [1.54, 1.807) is 0 Å². The number of hydrogen-bond acceptors (Lipinski definition) is 0. The fraction of sp³-hybridized carbons (Fsp3) is 0.182. The van der Waals surface area contributed by atoms with Crippen LogP contribution in [-0.4, -0.2) is 4.40 Å². The maximum absolute atomic E-state index is 3.40. The summed E-state index contributed by atoms with van der Waals surface area (Å²) in [6.45, 7) is 7.40. The molecule has 0 saturated carbocycles. The Labute approximate surface area is 120 Å². The van der Waals surface area contributed by atoms with Gasteiger partial charge in [-0.2, -0.15) is 36.4 Å². The molecule has 1 rings (SSSR count). The first-order chi connectivity index (χ1) is 5.41. The Morgan fingerprint density at radius 2 is 1.46 bits per heavy atom. The molecule has 0 N–H and O–H groups in total. The Bertz CT molecular complexity index is 113. The standard InChI is InChI=1S/C6H5.C2H6.C2H3.CH3.W.Y/c1-2-4-6-5-3-1;2*1-2;;;/h1-5H;1-2H3;1H,2H2;1H3;;/q-1;;2*-1;;. The van der Waals surface area contributed by atoms with Gasteiger partial charge in [-0.1, -0.05) is 13.8 Å². The molecule has 1 aromatic rings. The zero-order valence-electron chi connectivity index (χ0n) is 8.66. The molecule has 0 unspecified atom stereocenters. The molecule has 73 valence electrons. The maximum Gasteiger partial charge on any atom is 0 e. The van der Waals surface area contributed by atoms with Crippen LogP contribution in [0.2, 0.25) is 0 Å². The Hall–Kier alpha value is 0.882. The van der Waals surface area contributed by atoms with Crippen molar-refractivity contribution in [1.29, 1.82) is 0 Å². The van der Waals surface area contributed by atoms with Crippen molar-refractivity contribution in [2.45, 2.75) is 13.8 Å². The molecule has 0 aliphatic rings. The second-order valence-electron chi connectivity index (χ2n) is 1.24. The molecule has 0 atom stereocenters. The minimum Gasteiger partial charge on any atom is -0.358 e. The molecular weight excluding hydrogens is 405 g/mol. The predicted octanol–water partition coefficient (Wildman–Crippen LogP) is 3.13. The van der Waals surface area contributed by atoms with E-state index in [4.69, 9.17) is 0 Å². The summed E-state index contributed by atoms with van der Waals surface area (Å²) in [4.78, 5) is 0. The predicted molar refractivity (Wildman–Crippen MR) is 54.5 cm³/mol. The van der Waals surface area contributed by atoms with Gasteiger partial charge in [0.25, 0.3) is 0 Å². The van der Waals surface area contributed by atoms with Gasteiger partial charge in [-0.25, -0.2) is 0 Å². The summed E-state index contributed by atoms with van der Waals surface area (Å²) in [5, 5.41) is 0. The fourth-order valence-corrected chi connectivity index (χ4v) is 0.342. The molecule has 0 saturated heterocycles. The minimum atomic E-state index is 0. The average Bonchev–Trinajstić information content (AvgIpc) is 2.12. The van der Waals surface area contributed by atoms with E-state index in [0.29, 0.717) is 0 Å². The smallest absolute Gasteiger partial charge is 0 e. The zero-order valence-corrected chi connectivity index (χ0v) is 14.4. The molecule has 1 radical (unpaired) electrons. The van der Waals surface area contributed by atoms with Crippen molar-refractivity contribution in [3.8, 4) is 0 Å². The van der Waals surface area contributed by atoms with Crippen LogP contribution in [0.5, 0.6) is 0 Å². The van der Waals surface area contributed by atoms with Crippen molar-refractivity contribution in [2.24, 2.45) is 0 Å². The van der Waals surface area contributed by atoms with Crippen molar-refractivity contribution in [2.75, 3.05) is 0 Å². The van der Waals surface area contributed by atoms with Gasteiger partial charge in [0.1, 0.15) is 0 Å². The van der Waals surface area contributed by atoms with E-state index in [2.05, 4.69) is 13.0 Å². The SMILES string of the molecule is CC.[CH2-][CH]=[W].[CH3-].[Y].[c-]1ccccc1. The molecule has 0 amide bonds. The summed E-state index contributed by atoms with van der Waals surface area (Å²) in [6.07, 6.45) is 0. The Balaban J connectivity index is -0.0000000517. The summed E-state index contributed by atoms with van der Waals surface area (Å²) in [5.74, 6) is 0. The van der Waals surface area contributed by atoms with Gasteiger partial charge in [0.15, 0.2) is 0 Å². The third kappa shape index (κ3) is 32.2. The van der Waals surface area contributed by atoms with E-state index in [0.717, 1.165) is 0 Å². The second-order valence-corrected chi connectivity index (χ2v) is 2.44. The monoisotopic (exact) mass is 422 g/mol. The number of benzene rings is 1. The van der Waals surface area contributed by atoms with Crippen LogP contribution < -0.4 is 0 Å². The Morgan fingerprint density at radius 1 is 1.15 bits per heavy atom. The van der Waals surface area contributed by atoms with Crippen LogP contribution in [0, 0.1) is 20.4 Å². The van der Waals surface area contributed by atoms with Crippen LogP contribution in [0.3, 0.4) is 0 Å². The Morgan fingerprint density at radius 3 is 1.54 bits per heavy atom. The first-order valence-electron chi connectivity index (χ1n) is 3.55. The van der Waals surface area contributed by atoms with Crippen LogP contribution in [0.15, 0.2) is 30.3 Å². The summed E-state index contributed by atoms with van der Waals surface area (Å²) in [7, 11) is 0. The molecule has 0 nitrogen and oxygen atoms in total. The molecule has 2 heteroatoms. The molecule has 0 fully saturated rings. The van der Waals surface area contributed by atoms with E-state index in [-0.39, 0.29) is 40.1 Å². The van der Waals surface area contributed by atoms with Gasteiger partial charge in [-0.15, -0.1) is 0 Å². The van der Waals surface area contributed by atoms with Gasteiger partial charge in [0.2, 0.25) is 0 Å². The summed E-state index contributed by atoms with van der Waals surface area (Å²) >= 11 is 1.44. The van der Waals surface area contributed by atoms with Crippen molar-refractivity contribution >= 4 is 4.40 Å². The van der Waals surface area contributed by atoms with Crippen molar-refractivity contribution in [1.82, 2.24) is 0 Å². The van der Waals surface area contributed by atoms with E-state index in [9.17, 15) is 0 Å². The molecular formula is C11H17WY-3. The first-order valence-corrected chi connectivity index (χ1v) is 5.25. The molecule has 1 aromatic carbocycles. The fourth-order valence-electron chi connectivity index (χ4n) is 0.342. The van der Waals surface area contributed by atoms with Gasteiger partial charge in [0.05, 0.1) is 0 Å². The molecule has 0 bridgehead atoms. The van der Waals surface area contributed by atoms with Gasteiger partial charge < -0.3 is 7.43 Å². The van der Waals surface area contributed by atoms with E-state index < -0.39 is 0 Å². The molecule has 0 aliphatic heterocycles. The number of rotatable bonds is 0.